The van der Waals surface area contributed by atoms with Crippen molar-refractivity contribution in [2.75, 3.05) is 38.0 Å². The van der Waals surface area contributed by atoms with Gasteiger partial charge in [0.2, 0.25) is 11.8 Å². The van der Waals surface area contributed by atoms with Crippen molar-refractivity contribution in [2.45, 2.75) is 12.1 Å². The number of hydrogen-bond acceptors (Lipinski definition) is 5. The largest absolute Gasteiger partial charge is 0.506 e. The van der Waals surface area contributed by atoms with Gasteiger partial charge in [0.1, 0.15) is 5.75 Å². The molecule has 2 amide bonds. The highest BCUT2D eigenvalue weighted by Crippen LogP contribution is 2.33. The molecule has 140 valence electrons. The van der Waals surface area contributed by atoms with Gasteiger partial charge in [-0.05, 0) is 12.1 Å². The summed E-state index contributed by atoms with van der Waals surface area (Å²) < 4.78 is 0. The first-order valence-electron chi connectivity index (χ1n) is 8.24. The van der Waals surface area contributed by atoms with Crippen LogP contribution in [-0.4, -0.2) is 71.5 Å². The molecule has 2 aliphatic heterocycles. The zero-order valence-electron chi connectivity index (χ0n) is 14.0. The van der Waals surface area contributed by atoms with Gasteiger partial charge in [0.25, 0.3) is 0 Å². The first-order valence-corrected chi connectivity index (χ1v) is 8.99. The van der Waals surface area contributed by atoms with Gasteiger partial charge in [-0.3, -0.25) is 14.5 Å². The summed E-state index contributed by atoms with van der Waals surface area (Å²) in [4.78, 5) is 27.4. The zero-order chi connectivity index (χ0) is 18.8. The van der Waals surface area contributed by atoms with E-state index in [0.717, 1.165) is 13.1 Å². The lowest BCUT2D eigenvalue weighted by molar-refractivity contribution is -0.138. The molecule has 1 aromatic rings. The van der Waals surface area contributed by atoms with Crippen LogP contribution in [0.25, 0.3) is 0 Å². The number of amides is 2. The molecule has 3 rings (SSSR count). The molecule has 7 nitrogen and oxygen atoms in total. The Morgan fingerprint density at radius 2 is 1.88 bits per heavy atom. The minimum absolute atomic E-state index is 0.0521. The van der Waals surface area contributed by atoms with Crippen LogP contribution >= 0.6 is 23.2 Å². The molecule has 2 fully saturated rings. The smallest absolute Gasteiger partial charge is 0.243 e. The van der Waals surface area contributed by atoms with E-state index in [1.54, 1.807) is 4.90 Å². The predicted molar refractivity (Wildman–Crippen MR) is 101 cm³/mol. The molecule has 0 radical (unpaired) electrons. The summed E-state index contributed by atoms with van der Waals surface area (Å²) in [6.45, 7) is 6.41. The lowest BCUT2D eigenvalue weighted by atomic mass is 9.99. The molecule has 0 bridgehead atoms. The first kappa shape index (κ1) is 18.8. The van der Waals surface area contributed by atoms with E-state index >= 15 is 0 Å². The Morgan fingerprint density at radius 3 is 2.54 bits per heavy atom. The Hall–Kier alpha value is -1.96. The number of carbonyl (C=O) groups is 2. The fraction of sp³-hybridized carbons (Fsp3) is 0.412. The van der Waals surface area contributed by atoms with Gasteiger partial charge < -0.3 is 20.6 Å². The number of likely N-dealkylation sites (tertiary alicyclic amines) is 2. The molecule has 0 aliphatic carbocycles. The first-order chi connectivity index (χ1) is 12.4. The van der Waals surface area contributed by atoms with Crippen molar-refractivity contribution in [1.82, 2.24) is 15.1 Å². The van der Waals surface area contributed by atoms with Crippen LogP contribution in [0.1, 0.15) is 0 Å². The van der Waals surface area contributed by atoms with E-state index in [2.05, 4.69) is 22.1 Å². The Bertz CT molecular complexity index is 731. The second-order valence-electron chi connectivity index (χ2n) is 6.45. The summed E-state index contributed by atoms with van der Waals surface area (Å²) in [5, 5.41) is 16.1. The summed E-state index contributed by atoms with van der Waals surface area (Å²) in [6.07, 6.45) is 1.27. The summed E-state index contributed by atoms with van der Waals surface area (Å²) >= 11 is 11.7. The lowest BCUT2D eigenvalue weighted by Gasteiger charge is -2.51. The topological polar surface area (TPSA) is 84.9 Å². The van der Waals surface area contributed by atoms with Crippen molar-refractivity contribution in [3.63, 3.8) is 0 Å². The lowest BCUT2D eigenvalue weighted by Crippen LogP contribution is -2.70. The van der Waals surface area contributed by atoms with Gasteiger partial charge >= 0.3 is 0 Å². The molecule has 2 heterocycles. The highest BCUT2D eigenvalue weighted by molar-refractivity contribution is 6.42. The third-order valence-electron chi connectivity index (χ3n) is 4.64. The van der Waals surface area contributed by atoms with Crippen LogP contribution < -0.4 is 10.6 Å². The number of phenols is 1. The molecule has 2 saturated heterocycles. The minimum atomic E-state index is -0.156. The summed E-state index contributed by atoms with van der Waals surface area (Å²) in [7, 11) is 0. The van der Waals surface area contributed by atoms with E-state index in [4.69, 9.17) is 23.2 Å². The van der Waals surface area contributed by atoms with Crippen LogP contribution in [0.3, 0.4) is 0 Å². The number of rotatable bonds is 6. The number of benzene rings is 1. The fourth-order valence-corrected chi connectivity index (χ4v) is 3.33. The van der Waals surface area contributed by atoms with Gasteiger partial charge in [0.15, 0.2) is 0 Å². The average Bonchev–Trinajstić information content (AvgIpc) is 2.52. The number of nitrogens with one attached hydrogen (secondary N) is 2. The quantitative estimate of drug-likeness (QED) is 0.496. The monoisotopic (exact) mass is 398 g/mol. The van der Waals surface area contributed by atoms with Crippen LogP contribution in [0.5, 0.6) is 5.75 Å². The van der Waals surface area contributed by atoms with Crippen molar-refractivity contribution in [2.24, 2.45) is 0 Å². The van der Waals surface area contributed by atoms with Gasteiger partial charge in [0.05, 0.1) is 28.3 Å². The standard InChI is InChI=1S/C17H20Cl2N4O3/c1-2-16(25)21-10-6-22(7-10)11-8-23(9-11)17(26)5-20-14-3-12(18)13(19)4-15(14)24/h2-4,10-11,20,24H,1,5-9H2,(H,21,25). The average molecular weight is 399 g/mol. The van der Waals surface area contributed by atoms with Crippen molar-refractivity contribution in [1.29, 1.82) is 0 Å². The molecule has 2 aliphatic rings. The third kappa shape index (κ3) is 4.06. The molecule has 26 heavy (non-hydrogen) atoms. The summed E-state index contributed by atoms with van der Waals surface area (Å²) in [5.41, 5.74) is 0.369. The van der Waals surface area contributed by atoms with Crippen LogP contribution in [0.4, 0.5) is 5.69 Å². The Kier molecular flexibility index (Phi) is 5.60. The van der Waals surface area contributed by atoms with Crippen LogP contribution in [0, 0.1) is 0 Å². The normalized spacial score (nSPS) is 18.0. The van der Waals surface area contributed by atoms with Gasteiger partial charge in [-0.25, -0.2) is 0 Å². The van der Waals surface area contributed by atoms with Gasteiger partial charge in [-0.15, -0.1) is 0 Å². The molecule has 9 heteroatoms. The van der Waals surface area contributed by atoms with Crippen molar-refractivity contribution in [3.05, 3.63) is 34.8 Å². The SMILES string of the molecule is C=CC(=O)NC1CN(C2CN(C(=O)CNc3cc(Cl)c(Cl)cc3O)C2)C1. The van der Waals surface area contributed by atoms with E-state index in [1.165, 1.54) is 18.2 Å². The Labute approximate surface area is 161 Å². The molecular weight excluding hydrogens is 379 g/mol. The van der Waals surface area contributed by atoms with Crippen molar-refractivity contribution >= 4 is 40.7 Å². The zero-order valence-corrected chi connectivity index (χ0v) is 15.6. The molecule has 0 saturated carbocycles. The molecule has 1 aromatic carbocycles. The van der Waals surface area contributed by atoms with Crippen molar-refractivity contribution < 1.29 is 14.7 Å². The van der Waals surface area contributed by atoms with E-state index < -0.39 is 0 Å². The number of carbonyl (C=O) groups excluding carboxylic acids is 2. The van der Waals surface area contributed by atoms with E-state index in [1.807, 2.05) is 0 Å². The second kappa shape index (κ2) is 7.73. The fourth-order valence-electron chi connectivity index (χ4n) is 3.01. The third-order valence-corrected chi connectivity index (χ3v) is 5.36. The summed E-state index contributed by atoms with van der Waals surface area (Å²) in [5.74, 6) is -0.262. The number of hydrogen-bond donors (Lipinski definition) is 3. The Balaban J connectivity index is 1.39. The molecule has 3 N–H and O–H groups in total. The molecule has 0 spiro atoms. The van der Waals surface area contributed by atoms with E-state index in [-0.39, 0.29) is 35.2 Å². The number of anilines is 1. The number of aromatic hydroxyl groups is 1. The van der Waals surface area contributed by atoms with E-state index in [9.17, 15) is 14.7 Å². The highest BCUT2D eigenvalue weighted by Gasteiger charge is 2.40. The molecule has 0 aromatic heterocycles. The van der Waals surface area contributed by atoms with Crippen molar-refractivity contribution in [3.8, 4) is 5.75 Å². The highest BCUT2D eigenvalue weighted by atomic mass is 35.5. The number of phenolic OH excluding ortho intramolecular Hbond substituents is 1. The van der Waals surface area contributed by atoms with Gasteiger partial charge in [0, 0.05) is 38.3 Å². The maximum atomic E-state index is 12.2. The van der Waals surface area contributed by atoms with E-state index in [0.29, 0.717) is 29.8 Å². The minimum Gasteiger partial charge on any atom is -0.506 e. The number of nitrogens with zero attached hydrogens (tertiary/aromatic N) is 2. The van der Waals surface area contributed by atoms with Crippen LogP contribution in [-0.2, 0) is 9.59 Å². The Morgan fingerprint density at radius 1 is 1.23 bits per heavy atom. The maximum Gasteiger partial charge on any atom is 0.243 e. The maximum absolute atomic E-state index is 12.2. The van der Waals surface area contributed by atoms with Crippen LogP contribution in [0.15, 0.2) is 24.8 Å². The predicted octanol–water partition coefficient (Wildman–Crippen LogP) is 1.31. The number of halogens is 2. The summed E-state index contributed by atoms with van der Waals surface area (Å²) in [6, 6.07) is 3.31. The van der Waals surface area contributed by atoms with Gasteiger partial charge in [-0.1, -0.05) is 29.8 Å². The molecule has 0 atom stereocenters. The molecular formula is C17H20Cl2N4O3. The van der Waals surface area contributed by atoms with Gasteiger partial charge in [-0.2, -0.15) is 0 Å². The molecule has 0 unspecified atom stereocenters. The van der Waals surface area contributed by atoms with Crippen LogP contribution in [0.2, 0.25) is 10.0 Å². The second-order valence-corrected chi connectivity index (χ2v) is 7.27.